The molecule has 0 bridgehead atoms. The summed E-state index contributed by atoms with van der Waals surface area (Å²) in [5.74, 6) is 1.36. The van der Waals surface area contributed by atoms with Crippen molar-refractivity contribution in [3.05, 3.63) is 89.6 Å². The van der Waals surface area contributed by atoms with Gasteiger partial charge in [0, 0.05) is 22.8 Å². The van der Waals surface area contributed by atoms with E-state index in [1.165, 1.54) is 11.6 Å². The Morgan fingerprint density at radius 1 is 1.03 bits per heavy atom. The Balaban J connectivity index is 1.45. The molecule has 0 aliphatic heterocycles. The summed E-state index contributed by atoms with van der Waals surface area (Å²) in [5, 5.41) is 7.60. The van der Waals surface area contributed by atoms with Gasteiger partial charge in [0.1, 0.15) is 11.5 Å². The number of para-hydroxylation sites is 2. The average molecular weight is 494 g/mol. The number of ether oxygens (including phenoxy) is 2. The lowest BCUT2D eigenvalue weighted by Crippen LogP contribution is -2.11. The molecular formula is C31H31N3O3. The average Bonchev–Trinajstić information content (AvgIpc) is 2.93. The molecule has 0 unspecified atom stereocenters. The van der Waals surface area contributed by atoms with Gasteiger partial charge in [-0.15, -0.1) is 0 Å². The van der Waals surface area contributed by atoms with E-state index in [9.17, 15) is 4.79 Å². The fourth-order valence-electron chi connectivity index (χ4n) is 4.76. The molecule has 0 spiro atoms. The number of nitrogens with zero attached hydrogens (tertiary/aromatic N) is 1. The van der Waals surface area contributed by atoms with Crippen LogP contribution in [0.1, 0.15) is 36.6 Å². The van der Waals surface area contributed by atoms with Crippen LogP contribution in [0.15, 0.2) is 72.8 Å². The number of fused-ring (bicyclic) bond motifs is 2. The van der Waals surface area contributed by atoms with Crippen molar-refractivity contribution in [2.45, 2.75) is 32.6 Å². The zero-order valence-electron chi connectivity index (χ0n) is 21.2. The molecule has 0 saturated carbocycles. The number of methoxy groups -OCH3 is 1. The van der Waals surface area contributed by atoms with Gasteiger partial charge in [-0.05, 0) is 92.3 Å². The molecule has 0 fully saturated rings. The van der Waals surface area contributed by atoms with Crippen molar-refractivity contribution in [3.8, 4) is 11.5 Å². The van der Waals surface area contributed by atoms with Crippen molar-refractivity contribution in [2.24, 2.45) is 0 Å². The molecule has 0 saturated heterocycles. The Bertz CT molecular complexity index is 1460. The van der Waals surface area contributed by atoms with Crippen molar-refractivity contribution in [2.75, 3.05) is 24.4 Å². The summed E-state index contributed by atoms with van der Waals surface area (Å²) in [6, 6.07) is 21.4. The first-order valence-electron chi connectivity index (χ1n) is 12.7. The van der Waals surface area contributed by atoms with Gasteiger partial charge in [0.05, 0.1) is 30.6 Å². The van der Waals surface area contributed by atoms with Crippen molar-refractivity contribution in [1.29, 1.82) is 0 Å². The van der Waals surface area contributed by atoms with E-state index in [-0.39, 0.29) is 5.91 Å². The number of hydrogen-bond acceptors (Lipinski definition) is 5. The van der Waals surface area contributed by atoms with Crippen LogP contribution in [-0.4, -0.2) is 24.6 Å². The lowest BCUT2D eigenvalue weighted by molar-refractivity contribution is -0.111. The van der Waals surface area contributed by atoms with Crippen LogP contribution in [-0.2, 0) is 17.6 Å². The first-order valence-corrected chi connectivity index (χ1v) is 12.7. The van der Waals surface area contributed by atoms with Crippen LogP contribution >= 0.6 is 0 Å². The minimum absolute atomic E-state index is 0.202. The Hall–Kier alpha value is -4.32. The van der Waals surface area contributed by atoms with E-state index in [0.29, 0.717) is 12.3 Å². The van der Waals surface area contributed by atoms with Gasteiger partial charge in [0.2, 0.25) is 5.91 Å². The molecule has 1 aliphatic rings. The number of carbonyl (C=O) groups is 1. The standard InChI is InChI=1S/C31H31N3O3/c1-3-37-23-10-8-9-21(19-23)15-18-30(35)32-22-16-17-27-25(20-22)31(24-11-4-5-12-26(24)33-27)34-28-13-6-7-14-29(28)36-2/h6-10,13-20H,3-5,11-12H2,1-2H3,(H,32,35)(H,33,34). The minimum Gasteiger partial charge on any atom is -0.495 e. The van der Waals surface area contributed by atoms with Crippen molar-refractivity contribution in [3.63, 3.8) is 0 Å². The number of nitrogens with one attached hydrogen (secondary N) is 2. The van der Waals surface area contributed by atoms with E-state index in [4.69, 9.17) is 14.5 Å². The molecule has 3 aromatic carbocycles. The quantitative estimate of drug-likeness (QED) is 0.261. The summed E-state index contributed by atoms with van der Waals surface area (Å²) >= 11 is 0. The lowest BCUT2D eigenvalue weighted by atomic mass is 9.92. The van der Waals surface area contributed by atoms with Gasteiger partial charge < -0.3 is 20.1 Å². The second kappa shape index (κ2) is 11.2. The third kappa shape index (κ3) is 5.59. The maximum Gasteiger partial charge on any atom is 0.248 e. The zero-order valence-corrected chi connectivity index (χ0v) is 21.2. The van der Waals surface area contributed by atoms with Gasteiger partial charge in [-0.2, -0.15) is 0 Å². The summed E-state index contributed by atoms with van der Waals surface area (Å²) in [4.78, 5) is 17.7. The Morgan fingerprint density at radius 2 is 1.89 bits per heavy atom. The highest BCUT2D eigenvalue weighted by Gasteiger charge is 2.19. The van der Waals surface area contributed by atoms with E-state index >= 15 is 0 Å². The highest BCUT2D eigenvalue weighted by atomic mass is 16.5. The molecule has 2 N–H and O–H groups in total. The number of pyridine rings is 1. The maximum absolute atomic E-state index is 12.7. The highest BCUT2D eigenvalue weighted by molar-refractivity contribution is 6.04. The van der Waals surface area contributed by atoms with Gasteiger partial charge in [-0.25, -0.2) is 0 Å². The summed E-state index contributed by atoms with van der Waals surface area (Å²) < 4.78 is 11.1. The molecule has 4 aromatic rings. The monoisotopic (exact) mass is 493 g/mol. The minimum atomic E-state index is -0.202. The number of amides is 1. The van der Waals surface area contributed by atoms with E-state index in [1.807, 2.05) is 73.7 Å². The van der Waals surface area contributed by atoms with E-state index < -0.39 is 0 Å². The number of aromatic nitrogens is 1. The van der Waals surface area contributed by atoms with Crippen LogP contribution in [0.4, 0.5) is 17.1 Å². The first kappa shape index (κ1) is 24.4. The van der Waals surface area contributed by atoms with Crippen LogP contribution in [0.3, 0.4) is 0 Å². The Morgan fingerprint density at radius 3 is 2.76 bits per heavy atom. The second-order valence-corrected chi connectivity index (χ2v) is 9.00. The number of rotatable bonds is 8. The topological polar surface area (TPSA) is 72.5 Å². The SMILES string of the molecule is CCOc1cccc(C=CC(=O)Nc2ccc3nc4c(c(Nc5ccccc5OC)c3c2)CCCC4)c1. The number of anilines is 3. The van der Waals surface area contributed by atoms with Gasteiger partial charge in [-0.1, -0.05) is 24.3 Å². The third-order valence-electron chi connectivity index (χ3n) is 6.49. The number of aryl methyl sites for hydroxylation is 1. The Labute approximate surface area is 217 Å². The van der Waals surface area contributed by atoms with Crippen LogP contribution < -0.4 is 20.1 Å². The highest BCUT2D eigenvalue weighted by Crippen LogP contribution is 2.38. The van der Waals surface area contributed by atoms with Crippen LogP contribution in [0.25, 0.3) is 17.0 Å². The second-order valence-electron chi connectivity index (χ2n) is 9.00. The predicted octanol–water partition coefficient (Wildman–Crippen LogP) is 6.92. The molecule has 1 heterocycles. The first-order chi connectivity index (χ1) is 18.1. The molecule has 0 atom stereocenters. The van der Waals surface area contributed by atoms with Gasteiger partial charge in [0.15, 0.2) is 0 Å². The number of benzene rings is 3. The summed E-state index contributed by atoms with van der Waals surface area (Å²) in [6.45, 7) is 2.55. The molecule has 6 nitrogen and oxygen atoms in total. The van der Waals surface area contributed by atoms with Gasteiger partial charge >= 0.3 is 0 Å². The van der Waals surface area contributed by atoms with E-state index in [1.54, 1.807) is 13.2 Å². The molecule has 1 aliphatic carbocycles. The zero-order chi connectivity index (χ0) is 25.6. The summed E-state index contributed by atoms with van der Waals surface area (Å²) in [7, 11) is 1.68. The van der Waals surface area contributed by atoms with Crippen LogP contribution in [0, 0.1) is 0 Å². The normalized spacial score (nSPS) is 12.8. The van der Waals surface area contributed by atoms with Crippen LogP contribution in [0.5, 0.6) is 11.5 Å². The number of carbonyl (C=O) groups excluding carboxylic acids is 1. The molecule has 5 rings (SSSR count). The van der Waals surface area contributed by atoms with E-state index in [0.717, 1.165) is 70.7 Å². The molecule has 1 amide bonds. The Kier molecular flexibility index (Phi) is 7.36. The lowest BCUT2D eigenvalue weighted by Gasteiger charge is -2.22. The van der Waals surface area contributed by atoms with Gasteiger partial charge in [0.25, 0.3) is 0 Å². The van der Waals surface area contributed by atoms with Crippen molar-refractivity contribution >= 4 is 39.9 Å². The van der Waals surface area contributed by atoms with Crippen molar-refractivity contribution < 1.29 is 14.3 Å². The molecular weight excluding hydrogens is 462 g/mol. The smallest absolute Gasteiger partial charge is 0.248 e. The van der Waals surface area contributed by atoms with Gasteiger partial charge in [-0.3, -0.25) is 9.78 Å². The molecule has 1 aromatic heterocycles. The summed E-state index contributed by atoms with van der Waals surface area (Å²) in [6.07, 6.45) is 7.54. The fourth-order valence-corrected chi connectivity index (χ4v) is 4.76. The molecule has 188 valence electrons. The molecule has 37 heavy (non-hydrogen) atoms. The van der Waals surface area contributed by atoms with Crippen LogP contribution in [0.2, 0.25) is 0 Å². The third-order valence-corrected chi connectivity index (χ3v) is 6.49. The molecule has 0 radical (unpaired) electrons. The summed E-state index contributed by atoms with van der Waals surface area (Å²) in [5.41, 5.74) is 6.83. The maximum atomic E-state index is 12.7. The van der Waals surface area contributed by atoms with E-state index in [2.05, 4.69) is 10.6 Å². The fraction of sp³-hybridized carbons (Fsp3) is 0.226. The predicted molar refractivity (Wildman–Crippen MR) is 150 cm³/mol. The molecule has 6 heteroatoms. The largest absolute Gasteiger partial charge is 0.495 e. The van der Waals surface area contributed by atoms with Crippen molar-refractivity contribution in [1.82, 2.24) is 4.98 Å². The number of hydrogen-bond donors (Lipinski definition) is 2.